The Labute approximate surface area is 453 Å². The van der Waals surface area contributed by atoms with Crippen molar-refractivity contribution in [2.24, 2.45) is 0 Å². The van der Waals surface area contributed by atoms with Crippen LogP contribution in [-0.2, 0) is 34.8 Å². The van der Waals surface area contributed by atoms with E-state index in [0.717, 1.165) is 89.4 Å². The Morgan fingerprint density at radius 3 is 1.88 bits per heavy atom. The van der Waals surface area contributed by atoms with Crippen LogP contribution in [0.2, 0.25) is 0 Å². The smallest absolute Gasteiger partial charge is 0.252 e. The molecule has 2 aliphatic heterocycles. The molecule has 369 valence electrons. The van der Waals surface area contributed by atoms with E-state index in [4.69, 9.17) is 4.42 Å². The number of fused-ring (bicyclic) bond motifs is 10. The summed E-state index contributed by atoms with van der Waals surface area (Å²) in [6, 6.07) is 63.7. The van der Waals surface area contributed by atoms with Crippen molar-refractivity contribution in [3.05, 3.63) is 198 Å². The molecule has 11 aromatic rings. The van der Waals surface area contributed by atoms with Crippen molar-refractivity contribution in [1.82, 2.24) is 4.57 Å². The fourth-order valence-corrected chi connectivity index (χ4v) is 12.3. The van der Waals surface area contributed by atoms with Crippen LogP contribution in [0.3, 0.4) is 0 Å². The molecule has 0 saturated carbocycles. The predicted octanol–water partition coefficient (Wildman–Crippen LogP) is 16.4. The van der Waals surface area contributed by atoms with Crippen LogP contribution in [0, 0.1) is 19.9 Å². The zero-order valence-electron chi connectivity index (χ0n) is 44.8. The number of nitrogens with zero attached hydrogens (tertiary/aromatic N) is 3. The summed E-state index contributed by atoms with van der Waals surface area (Å²) in [6.07, 6.45) is 0. The summed E-state index contributed by atoms with van der Waals surface area (Å²) in [6.45, 7) is 24.7. The quantitative estimate of drug-likeness (QED) is 0.141. The molecule has 9 aromatic carbocycles. The number of rotatable bonds is 4. The topological polar surface area (TPSA) is 44.8 Å². The summed E-state index contributed by atoms with van der Waals surface area (Å²) in [5.74, 6) is 0.290. The van der Waals surface area contributed by atoms with Crippen molar-refractivity contribution in [1.29, 1.82) is 0 Å². The van der Waals surface area contributed by atoms with E-state index in [1.165, 1.54) is 49.5 Å². The van der Waals surface area contributed by atoms with Crippen LogP contribution in [0.25, 0.3) is 60.6 Å². The Morgan fingerprint density at radius 1 is 0.520 bits per heavy atom. The van der Waals surface area contributed by atoms with Crippen molar-refractivity contribution in [3.63, 3.8) is 0 Å². The van der Waals surface area contributed by atoms with Crippen LogP contribution in [-0.4, -0.2) is 16.4 Å². The maximum absolute atomic E-state index is 13.4. The summed E-state index contributed by atoms with van der Waals surface area (Å²) >= 11 is 0. The molecule has 0 saturated heterocycles. The third-order valence-corrected chi connectivity index (χ3v) is 16.1. The van der Waals surface area contributed by atoms with E-state index >= 15 is 0 Å². The Bertz CT molecular complexity index is 4110. The molecule has 1 N–H and O–H groups in total. The number of phenolic OH excluding ortho intramolecular Hbond substituents is 1. The van der Waals surface area contributed by atoms with Gasteiger partial charge in [-0.15, -0.1) is 11.6 Å². The molecule has 13 rings (SSSR count). The molecule has 4 heterocycles. The fraction of sp³-hybridized carbons (Fsp3) is 0.206. The van der Waals surface area contributed by atoms with E-state index in [2.05, 4.69) is 248 Å². The van der Waals surface area contributed by atoms with Gasteiger partial charge in [0.05, 0.1) is 22.4 Å². The molecule has 75 heavy (non-hydrogen) atoms. The summed E-state index contributed by atoms with van der Waals surface area (Å²) in [5, 5.41) is 18.0. The van der Waals surface area contributed by atoms with Gasteiger partial charge in [0.25, 0.3) is 6.71 Å². The first kappa shape index (κ1) is 48.6. The second-order valence-corrected chi connectivity index (χ2v) is 24.0. The summed E-state index contributed by atoms with van der Waals surface area (Å²) < 4.78 is 9.00. The van der Waals surface area contributed by atoms with E-state index in [1.807, 2.05) is 12.1 Å². The molecular formula is C68H61BN3O2V-. The van der Waals surface area contributed by atoms with E-state index < -0.39 is 5.41 Å². The van der Waals surface area contributed by atoms with Crippen molar-refractivity contribution in [3.8, 4) is 22.6 Å². The van der Waals surface area contributed by atoms with Crippen LogP contribution in [0.1, 0.15) is 90.1 Å². The van der Waals surface area contributed by atoms with Gasteiger partial charge in [-0.3, -0.25) is 0 Å². The van der Waals surface area contributed by atoms with E-state index in [1.54, 1.807) is 0 Å². The minimum Gasteiger partial charge on any atom is -0.505 e. The van der Waals surface area contributed by atoms with Crippen LogP contribution < -0.4 is 26.2 Å². The SMILES string of the molecule is Cc1cccc(C)c1N1c2cc3c(cc2B2c4cc(C(C)(C)C)ccc4N(c4[c-]cc(-c5cccc6c5oc5ccccc56)cc4)c4c(O)c(C(C)(C)C)cc1c42)c1cc(C(C)(C)C)ccc1n3-c1ccccc1.[V]. The van der Waals surface area contributed by atoms with E-state index in [-0.39, 0.29) is 41.8 Å². The second kappa shape index (κ2) is 17.1. The van der Waals surface area contributed by atoms with Crippen molar-refractivity contribution in [2.75, 3.05) is 9.80 Å². The number of furan rings is 1. The van der Waals surface area contributed by atoms with Gasteiger partial charge in [-0.1, -0.05) is 165 Å². The molecule has 0 atom stereocenters. The summed E-state index contributed by atoms with van der Waals surface area (Å²) in [7, 11) is 0. The average molecular weight is 1010 g/mol. The molecule has 7 heteroatoms. The van der Waals surface area contributed by atoms with Gasteiger partial charge >= 0.3 is 0 Å². The maximum atomic E-state index is 13.4. The standard InChI is InChI=1S/C68H61BN3O2.V/c1-40-19-17-20-41(2)62(40)72-58-39-57-51(50-35-43(66(3,4)5)29-33-55(50)70(57)45-21-13-12-14-22-45)37-54(58)69-53-36-44(67(6,7)8)30-34-56(53)71(63-61(69)59(72)38-52(64(63)73)68(9,10)11)46-31-27-42(28-32-46)47-24-18-25-49-48-23-15-16-26-60(48)74-65(47)49;/h12-31,33-39,73H,1-11H3;/q-1;. The number of benzene rings is 9. The Hall–Kier alpha value is -7.37. The van der Waals surface area contributed by atoms with Gasteiger partial charge in [-0.2, -0.15) is 18.2 Å². The number of aromatic nitrogens is 1. The van der Waals surface area contributed by atoms with Crippen molar-refractivity contribution < 1.29 is 28.1 Å². The van der Waals surface area contributed by atoms with Gasteiger partial charge in [-0.05, 0) is 123 Å². The molecule has 1 radical (unpaired) electrons. The first-order valence-corrected chi connectivity index (χ1v) is 26.2. The third kappa shape index (κ3) is 7.42. The summed E-state index contributed by atoms with van der Waals surface area (Å²) in [5.41, 5.74) is 21.9. The zero-order valence-corrected chi connectivity index (χ0v) is 46.2. The zero-order chi connectivity index (χ0) is 51.3. The largest absolute Gasteiger partial charge is 0.505 e. The molecule has 2 aliphatic rings. The molecular weight excluding hydrogens is 953 g/mol. The number of para-hydroxylation sites is 4. The van der Waals surface area contributed by atoms with Crippen LogP contribution in [0.15, 0.2) is 168 Å². The summed E-state index contributed by atoms with van der Waals surface area (Å²) in [4.78, 5) is 4.84. The van der Waals surface area contributed by atoms with Crippen LogP contribution >= 0.6 is 0 Å². The number of anilines is 6. The predicted molar refractivity (Wildman–Crippen MR) is 314 cm³/mol. The molecule has 0 bridgehead atoms. The molecule has 0 amide bonds. The minimum absolute atomic E-state index is 0. The number of hydrogen-bond donors (Lipinski definition) is 1. The van der Waals surface area contributed by atoms with Gasteiger partial charge in [-0.25, -0.2) is 0 Å². The van der Waals surface area contributed by atoms with Gasteiger partial charge < -0.3 is 23.9 Å². The Balaban J connectivity index is 0.00000569. The van der Waals surface area contributed by atoms with Crippen LogP contribution in [0.5, 0.6) is 5.75 Å². The molecule has 0 aliphatic carbocycles. The first-order chi connectivity index (χ1) is 35.4. The van der Waals surface area contributed by atoms with Gasteiger partial charge in [0.2, 0.25) is 0 Å². The first-order valence-electron chi connectivity index (χ1n) is 26.2. The second-order valence-electron chi connectivity index (χ2n) is 24.0. The third-order valence-electron chi connectivity index (χ3n) is 16.1. The monoisotopic (exact) mass is 1010 g/mol. The number of phenols is 1. The minimum atomic E-state index is -0.423. The van der Waals surface area contributed by atoms with Gasteiger partial charge in [0.1, 0.15) is 16.9 Å². The fourth-order valence-electron chi connectivity index (χ4n) is 12.3. The van der Waals surface area contributed by atoms with Crippen molar-refractivity contribution in [2.45, 2.75) is 92.4 Å². The van der Waals surface area contributed by atoms with Crippen LogP contribution in [0.4, 0.5) is 34.1 Å². The molecule has 2 aromatic heterocycles. The molecule has 5 nitrogen and oxygen atoms in total. The number of aryl methyl sites for hydroxylation is 2. The number of aromatic hydroxyl groups is 1. The Kier molecular flexibility index (Phi) is 11.1. The Morgan fingerprint density at radius 2 is 1.17 bits per heavy atom. The van der Waals surface area contributed by atoms with E-state index in [0.29, 0.717) is 0 Å². The molecule has 0 spiro atoms. The normalized spacial score (nSPS) is 13.4. The average Bonchev–Trinajstić information content (AvgIpc) is 3.96. The maximum Gasteiger partial charge on any atom is 0.252 e. The van der Waals surface area contributed by atoms with Crippen molar-refractivity contribution >= 4 is 101 Å². The van der Waals surface area contributed by atoms with E-state index in [9.17, 15) is 5.11 Å². The van der Waals surface area contributed by atoms with Gasteiger partial charge in [0.15, 0.2) is 0 Å². The molecule has 0 unspecified atom stereocenters. The van der Waals surface area contributed by atoms with Gasteiger partial charge in [0, 0.05) is 68.4 Å². The molecule has 0 fully saturated rings. The number of hydrogen-bond acceptors (Lipinski definition) is 4.